The maximum absolute atomic E-state index is 12.8. The van der Waals surface area contributed by atoms with Crippen LogP contribution < -0.4 is 5.32 Å². The average Bonchev–Trinajstić information content (AvgIpc) is 2.76. The molecule has 0 amide bonds. The minimum absolute atomic E-state index is 0.190. The Kier molecular flexibility index (Phi) is 4.20. The van der Waals surface area contributed by atoms with Crippen molar-refractivity contribution in [3.05, 3.63) is 16.1 Å². The van der Waals surface area contributed by atoms with Gasteiger partial charge in [0, 0.05) is 11.1 Å². The third-order valence-electron chi connectivity index (χ3n) is 3.85. The van der Waals surface area contributed by atoms with Crippen LogP contribution in [-0.2, 0) is 5.54 Å². The number of aryl methyl sites for hydroxylation is 1. The second kappa shape index (κ2) is 5.40. The molecule has 1 N–H and O–H groups in total. The average molecular weight is 292 g/mol. The van der Waals surface area contributed by atoms with E-state index in [0.29, 0.717) is 12.8 Å². The lowest BCUT2D eigenvalue weighted by Gasteiger charge is -2.40. The quantitative estimate of drug-likeness (QED) is 0.910. The third kappa shape index (κ3) is 3.11. The molecule has 1 heterocycles. The molecule has 1 aromatic rings. The number of nitrogens with one attached hydrogen (secondary N) is 1. The van der Waals surface area contributed by atoms with Crippen LogP contribution in [-0.4, -0.2) is 17.7 Å². The molecular formula is C13H19F3N2S. The molecule has 0 saturated heterocycles. The van der Waals surface area contributed by atoms with E-state index in [0.717, 1.165) is 17.2 Å². The summed E-state index contributed by atoms with van der Waals surface area (Å²) in [6.07, 6.45) is -2.66. The van der Waals surface area contributed by atoms with Crippen LogP contribution in [0.3, 0.4) is 0 Å². The van der Waals surface area contributed by atoms with Gasteiger partial charge in [-0.2, -0.15) is 13.2 Å². The van der Waals surface area contributed by atoms with Crippen LogP contribution in [0.15, 0.2) is 5.38 Å². The Labute approximate surface area is 115 Å². The number of rotatable bonds is 3. The highest BCUT2D eigenvalue weighted by Gasteiger charge is 2.47. The summed E-state index contributed by atoms with van der Waals surface area (Å²) in [7, 11) is 0. The fourth-order valence-corrected chi connectivity index (χ4v) is 3.85. The topological polar surface area (TPSA) is 24.9 Å². The molecule has 6 heteroatoms. The SMILES string of the molecule is CCNC1(c2nc(C)cs2)CCC(C(F)(F)F)CC1. The standard InChI is InChI=1S/C13H19F3N2S/c1-3-17-12(11-18-9(2)8-19-11)6-4-10(5-7-12)13(14,15)16/h8,10,17H,3-7H2,1-2H3. The summed E-state index contributed by atoms with van der Waals surface area (Å²) < 4.78 is 38.3. The Hall–Kier alpha value is -0.620. The van der Waals surface area contributed by atoms with E-state index in [1.165, 1.54) is 0 Å². The molecule has 0 bridgehead atoms. The van der Waals surface area contributed by atoms with Crippen LogP contribution in [0.25, 0.3) is 0 Å². The van der Waals surface area contributed by atoms with Crippen molar-refractivity contribution in [3.63, 3.8) is 0 Å². The van der Waals surface area contributed by atoms with Crippen molar-refractivity contribution in [1.29, 1.82) is 0 Å². The third-order valence-corrected chi connectivity index (χ3v) is 5.01. The van der Waals surface area contributed by atoms with Gasteiger partial charge in [-0.05, 0) is 39.2 Å². The van der Waals surface area contributed by atoms with E-state index in [4.69, 9.17) is 0 Å². The Bertz CT molecular complexity index is 420. The van der Waals surface area contributed by atoms with Crippen molar-refractivity contribution in [2.45, 2.75) is 51.2 Å². The van der Waals surface area contributed by atoms with Gasteiger partial charge in [0.1, 0.15) is 5.01 Å². The van der Waals surface area contributed by atoms with Crippen molar-refractivity contribution in [3.8, 4) is 0 Å². The number of halogens is 3. The Balaban J connectivity index is 2.16. The molecule has 0 spiro atoms. The maximum Gasteiger partial charge on any atom is 0.391 e. The van der Waals surface area contributed by atoms with E-state index < -0.39 is 12.1 Å². The zero-order chi connectivity index (χ0) is 14.1. The maximum atomic E-state index is 12.8. The first kappa shape index (κ1) is 14.8. The number of hydrogen-bond acceptors (Lipinski definition) is 3. The molecule has 2 nitrogen and oxygen atoms in total. The van der Waals surface area contributed by atoms with Crippen LogP contribution in [0.5, 0.6) is 0 Å². The van der Waals surface area contributed by atoms with E-state index in [2.05, 4.69) is 10.3 Å². The Morgan fingerprint density at radius 2 is 2.05 bits per heavy atom. The van der Waals surface area contributed by atoms with Gasteiger partial charge in [0.05, 0.1) is 11.5 Å². The molecule has 0 unspecified atom stereocenters. The predicted molar refractivity (Wildman–Crippen MR) is 70.2 cm³/mol. The first-order valence-corrected chi connectivity index (χ1v) is 7.50. The highest BCUT2D eigenvalue weighted by Crippen LogP contribution is 2.45. The van der Waals surface area contributed by atoms with Crippen LogP contribution in [0.1, 0.15) is 43.3 Å². The van der Waals surface area contributed by atoms with Crippen molar-refractivity contribution < 1.29 is 13.2 Å². The van der Waals surface area contributed by atoms with Gasteiger partial charge in [-0.15, -0.1) is 11.3 Å². The molecule has 0 aromatic carbocycles. The second-order valence-corrected chi connectivity index (χ2v) is 6.08. The normalized spacial score (nSPS) is 28.6. The molecule has 108 valence electrons. The molecule has 0 atom stereocenters. The van der Waals surface area contributed by atoms with Gasteiger partial charge in [-0.25, -0.2) is 4.98 Å². The van der Waals surface area contributed by atoms with Crippen LogP contribution >= 0.6 is 11.3 Å². The minimum atomic E-state index is -4.06. The molecule has 19 heavy (non-hydrogen) atoms. The number of thiazole rings is 1. The number of nitrogens with zero attached hydrogens (tertiary/aromatic N) is 1. The second-order valence-electron chi connectivity index (χ2n) is 5.22. The zero-order valence-electron chi connectivity index (χ0n) is 11.2. The first-order valence-electron chi connectivity index (χ1n) is 6.62. The van der Waals surface area contributed by atoms with Crippen molar-refractivity contribution in [1.82, 2.24) is 10.3 Å². The van der Waals surface area contributed by atoms with Crippen LogP contribution in [0.2, 0.25) is 0 Å². The molecular weight excluding hydrogens is 273 g/mol. The summed E-state index contributed by atoms with van der Waals surface area (Å²) in [4.78, 5) is 4.49. The summed E-state index contributed by atoms with van der Waals surface area (Å²) in [5, 5.41) is 6.28. The number of alkyl halides is 3. The van der Waals surface area contributed by atoms with E-state index >= 15 is 0 Å². The summed E-state index contributed by atoms with van der Waals surface area (Å²) in [6.45, 7) is 4.65. The molecule has 1 aliphatic rings. The lowest BCUT2D eigenvalue weighted by atomic mass is 9.76. The fourth-order valence-electron chi connectivity index (χ4n) is 2.82. The molecule has 1 fully saturated rings. The van der Waals surface area contributed by atoms with E-state index in [-0.39, 0.29) is 18.4 Å². The Morgan fingerprint density at radius 1 is 1.42 bits per heavy atom. The molecule has 1 aromatic heterocycles. The Morgan fingerprint density at radius 3 is 2.47 bits per heavy atom. The number of hydrogen-bond donors (Lipinski definition) is 1. The summed E-state index contributed by atoms with van der Waals surface area (Å²) in [5.74, 6) is -1.15. The molecule has 0 radical (unpaired) electrons. The monoisotopic (exact) mass is 292 g/mol. The van der Waals surface area contributed by atoms with Crippen molar-refractivity contribution in [2.24, 2.45) is 5.92 Å². The van der Waals surface area contributed by atoms with Gasteiger partial charge in [-0.3, -0.25) is 0 Å². The molecule has 1 aliphatic carbocycles. The van der Waals surface area contributed by atoms with Gasteiger partial charge < -0.3 is 5.32 Å². The molecule has 2 rings (SSSR count). The largest absolute Gasteiger partial charge is 0.391 e. The van der Waals surface area contributed by atoms with Crippen molar-refractivity contribution in [2.75, 3.05) is 6.54 Å². The van der Waals surface area contributed by atoms with Crippen LogP contribution in [0.4, 0.5) is 13.2 Å². The lowest BCUT2D eigenvalue weighted by Crippen LogP contribution is -2.46. The first-order chi connectivity index (χ1) is 8.87. The van der Waals surface area contributed by atoms with E-state index in [1.807, 2.05) is 19.2 Å². The van der Waals surface area contributed by atoms with Crippen molar-refractivity contribution >= 4 is 11.3 Å². The van der Waals surface area contributed by atoms with E-state index in [1.54, 1.807) is 11.3 Å². The lowest BCUT2D eigenvalue weighted by molar-refractivity contribution is -0.185. The van der Waals surface area contributed by atoms with Gasteiger partial charge in [0.2, 0.25) is 0 Å². The number of aromatic nitrogens is 1. The minimum Gasteiger partial charge on any atom is -0.306 e. The molecule has 0 aliphatic heterocycles. The predicted octanol–water partition coefficient (Wildman–Crippen LogP) is 4.01. The smallest absolute Gasteiger partial charge is 0.306 e. The summed E-state index contributed by atoms with van der Waals surface area (Å²) >= 11 is 1.55. The van der Waals surface area contributed by atoms with Gasteiger partial charge in [0.25, 0.3) is 0 Å². The highest BCUT2D eigenvalue weighted by atomic mass is 32.1. The molecule has 1 saturated carbocycles. The van der Waals surface area contributed by atoms with E-state index in [9.17, 15) is 13.2 Å². The summed E-state index contributed by atoms with van der Waals surface area (Å²) in [5.41, 5.74) is 0.588. The van der Waals surface area contributed by atoms with Gasteiger partial charge in [-0.1, -0.05) is 6.92 Å². The van der Waals surface area contributed by atoms with Gasteiger partial charge in [0.15, 0.2) is 0 Å². The fraction of sp³-hybridized carbons (Fsp3) is 0.769. The van der Waals surface area contributed by atoms with Gasteiger partial charge >= 0.3 is 6.18 Å². The zero-order valence-corrected chi connectivity index (χ0v) is 12.0. The summed E-state index contributed by atoms with van der Waals surface area (Å²) in [6, 6.07) is 0. The highest BCUT2D eigenvalue weighted by molar-refractivity contribution is 7.09. The van der Waals surface area contributed by atoms with Crippen LogP contribution in [0, 0.1) is 12.8 Å².